The van der Waals surface area contributed by atoms with E-state index in [1.807, 2.05) is 23.1 Å². The quantitative estimate of drug-likeness (QED) is 0.647. The van der Waals surface area contributed by atoms with Gasteiger partial charge in [0.05, 0.1) is 31.5 Å². The van der Waals surface area contributed by atoms with Gasteiger partial charge in [-0.1, -0.05) is 35.5 Å². The number of benzene rings is 1. The summed E-state index contributed by atoms with van der Waals surface area (Å²) in [5.74, 6) is 0.580. The van der Waals surface area contributed by atoms with Crippen molar-refractivity contribution < 1.29 is 23.5 Å². The Kier molecular flexibility index (Phi) is 6.82. The van der Waals surface area contributed by atoms with Crippen LogP contribution in [0.5, 0.6) is 0 Å². The van der Waals surface area contributed by atoms with Gasteiger partial charge in [-0.3, -0.25) is 4.79 Å². The molecule has 1 spiro atoms. The number of carbonyl (C=O) groups excluding carboxylic acids is 1. The molecule has 2 saturated heterocycles. The zero-order valence-electron chi connectivity index (χ0n) is 17.5. The number of carbonyl (C=O) groups is 1. The highest BCUT2D eigenvalue weighted by atomic mass is 16.5. The van der Waals surface area contributed by atoms with Gasteiger partial charge in [0.1, 0.15) is 5.76 Å². The molecule has 1 unspecified atom stereocenters. The Morgan fingerprint density at radius 3 is 2.77 bits per heavy atom. The molecule has 2 aliphatic heterocycles. The zero-order chi connectivity index (χ0) is 20.8. The smallest absolute Gasteiger partial charge is 0.276 e. The van der Waals surface area contributed by atoms with E-state index >= 15 is 0 Å². The summed E-state index contributed by atoms with van der Waals surface area (Å²) in [4.78, 5) is 14.4. The Hall–Kier alpha value is -2.22. The Bertz CT molecular complexity index is 814. The number of ether oxygens (including phenoxy) is 3. The van der Waals surface area contributed by atoms with Crippen molar-refractivity contribution in [3.05, 3.63) is 53.4 Å². The predicted molar refractivity (Wildman–Crippen MR) is 110 cm³/mol. The standard InChI is InChI=1S/C23H30N2O5/c1-18-15-21(24-30-18)22(26)25-10-8-23(9-11-25)16-20(7-12-29-23)28-14-13-27-17-19-5-3-2-4-6-19/h2-6,15,20H,7-14,16-17H2,1H3. The molecule has 1 aromatic heterocycles. The first-order valence-corrected chi connectivity index (χ1v) is 10.7. The molecular formula is C23H30N2O5. The van der Waals surface area contributed by atoms with Gasteiger partial charge >= 0.3 is 0 Å². The zero-order valence-corrected chi connectivity index (χ0v) is 17.5. The summed E-state index contributed by atoms with van der Waals surface area (Å²) in [7, 11) is 0. The van der Waals surface area contributed by atoms with Crippen molar-refractivity contribution in [3.8, 4) is 0 Å². The average Bonchev–Trinajstić information content (AvgIpc) is 3.21. The minimum atomic E-state index is -0.190. The number of aryl methyl sites for hydroxylation is 1. The van der Waals surface area contributed by atoms with E-state index in [2.05, 4.69) is 17.3 Å². The van der Waals surface area contributed by atoms with Crippen LogP contribution in [0, 0.1) is 6.92 Å². The maximum atomic E-state index is 12.6. The molecule has 2 aromatic rings. The number of nitrogens with zero attached hydrogens (tertiary/aromatic N) is 2. The molecule has 2 aliphatic rings. The number of likely N-dealkylation sites (tertiary alicyclic amines) is 1. The van der Waals surface area contributed by atoms with Crippen molar-refractivity contribution in [1.29, 1.82) is 0 Å². The molecule has 0 saturated carbocycles. The number of rotatable bonds is 7. The van der Waals surface area contributed by atoms with Crippen molar-refractivity contribution in [2.75, 3.05) is 32.9 Å². The Balaban J connectivity index is 1.19. The van der Waals surface area contributed by atoms with Crippen molar-refractivity contribution >= 4 is 5.91 Å². The molecule has 1 amide bonds. The van der Waals surface area contributed by atoms with Crippen molar-refractivity contribution in [1.82, 2.24) is 10.1 Å². The number of piperidine rings is 1. The molecule has 7 heteroatoms. The normalized spacial score (nSPS) is 21.1. The summed E-state index contributed by atoms with van der Waals surface area (Å²) in [5.41, 5.74) is 1.36. The molecule has 0 N–H and O–H groups in total. The molecule has 30 heavy (non-hydrogen) atoms. The number of hydrogen-bond acceptors (Lipinski definition) is 6. The average molecular weight is 415 g/mol. The van der Waals surface area contributed by atoms with Crippen LogP contribution in [0.4, 0.5) is 0 Å². The van der Waals surface area contributed by atoms with Gasteiger partial charge in [0.15, 0.2) is 5.69 Å². The Labute approximate surface area is 177 Å². The summed E-state index contributed by atoms with van der Waals surface area (Å²) in [6.45, 7) is 5.60. The van der Waals surface area contributed by atoms with Crippen LogP contribution in [-0.2, 0) is 20.8 Å². The van der Waals surface area contributed by atoms with Gasteiger partial charge in [0, 0.05) is 32.2 Å². The summed E-state index contributed by atoms with van der Waals surface area (Å²) in [5, 5.41) is 3.85. The van der Waals surface area contributed by atoms with E-state index < -0.39 is 0 Å². The first kappa shape index (κ1) is 21.0. The van der Waals surface area contributed by atoms with Gasteiger partial charge in [0.25, 0.3) is 5.91 Å². The fourth-order valence-electron chi connectivity index (χ4n) is 4.26. The van der Waals surface area contributed by atoms with Gasteiger partial charge in [0.2, 0.25) is 0 Å². The molecular weight excluding hydrogens is 384 g/mol. The van der Waals surface area contributed by atoms with Crippen LogP contribution in [0.2, 0.25) is 0 Å². The van der Waals surface area contributed by atoms with E-state index in [0.29, 0.717) is 51.0 Å². The van der Waals surface area contributed by atoms with Crippen LogP contribution in [0.15, 0.2) is 40.9 Å². The highest BCUT2D eigenvalue weighted by Crippen LogP contribution is 2.36. The van der Waals surface area contributed by atoms with Crippen molar-refractivity contribution in [3.63, 3.8) is 0 Å². The van der Waals surface area contributed by atoms with E-state index in [4.69, 9.17) is 18.7 Å². The minimum Gasteiger partial charge on any atom is -0.376 e. The van der Waals surface area contributed by atoms with Gasteiger partial charge in [-0.25, -0.2) is 0 Å². The summed E-state index contributed by atoms with van der Waals surface area (Å²) >= 11 is 0. The fraction of sp³-hybridized carbons (Fsp3) is 0.565. The SMILES string of the molecule is Cc1cc(C(=O)N2CCC3(CC2)CC(OCCOCc2ccccc2)CCO3)no1. The molecule has 162 valence electrons. The monoisotopic (exact) mass is 414 g/mol. The maximum absolute atomic E-state index is 12.6. The van der Waals surface area contributed by atoms with Crippen LogP contribution in [0.1, 0.15) is 47.5 Å². The van der Waals surface area contributed by atoms with E-state index in [-0.39, 0.29) is 17.6 Å². The fourth-order valence-corrected chi connectivity index (χ4v) is 4.26. The lowest BCUT2D eigenvalue weighted by molar-refractivity contribution is -0.155. The topological polar surface area (TPSA) is 74.0 Å². The summed E-state index contributed by atoms with van der Waals surface area (Å²) in [6.07, 6.45) is 3.59. The first-order chi connectivity index (χ1) is 14.6. The molecule has 4 rings (SSSR count). The molecule has 3 heterocycles. The van der Waals surface area contributed by atoms with Crippen molar-refractivity contribution in [2.24, 2.45) is 0 Å². The van der Waals surface area contributed by atoms with Gasteiger partial charge in [-0.15, -0.1) is 0 Å². The van der Waals surface area contributed by atoms with Crippen LogP contribution < -0.4 is 0 Å². The predicted octanol–water partition coefficient (Wildman–Crippen LogP) is 3.37. The van der Waals surface area contributed by atoms with E-state index in [0.717, 1.165) is 25.7 Å². The summed E-state index contributed by atoms with van der Waals surface area (Å²) < 4.78 is 23.0. The lowest BCUT2D eigenvalue weighted by Crippen LogP contribution is -2.52. The first-order valence-electron chi connectivity index (χ1n) is 10.7. The van der Waals surface area contributed by atoms with E-state index in [9.17, 15) is 4.79 Å². The second kappa shape index (κ2) is 9.73. The van der Waals surface area contributed by atoms with Crippen molar-refractivity contribution in [2.45, 2.75) is 50.9 Å². The van der Waals surface area contributed by atoms with Gasteiger partial charge in [-0.2, -0.15) is 0 Å². The molecule has 0 aliphatic carbocycles. The van der Waals surface area contributed by atoms with Gasteiger partial charge < -0.3 is 23.6 Å². The molecule has 2 fully saturated rings. The van der Waals surface area contributed by atoms with Crippen LogP contribution >= 0.6 is 0 Å². The highest BCUT2D eigenvalue weighted by molar-refractivity contribution is 5.92. The third-order valence-corrected chi connectivity index (χ3v) is 5.95. The second-order valence-corrected chi connectivity index (χ2v) is 8.17. The molecule has 0 radical (unpaired) electrons. The lowest BCUT2D eigenvalue weighted by atomic mass is 9.83. The number of aromatic nitrogens is 1. The number of amides is 1. The second-order valence-electron chi connectivity index (χ2n) is 8.17. The van der Waals surface area contributed by atoms with E-state index in [1.54, 1.807) is 13.0 Å². The maximum Gasteiger partial charge on any atom is 0.276 e. The van der Waals surface area contributed by atoms with Crippen LogP contribution in [0.3, 0.4) is 0 Å². The Morgan fingerprint density at radius 1 is 1.23 bits per heavy atom. The van der Waals surface area contributed by atoms with Crippen LogP contribution in [0.25, 0.3) is 0 Å². The summed E-state index contributed by atoms with van der Waals surface area (Å²) in [6, 6.07) is 11.8. The largest absolute Gasteiger partial charge is 0.376 e. The molecule has 7 nitrogen and oxygen atoms in total. The van der Waals surface area contributed by atoms with Crippen LogP contribution in [-0.4, -0.2) is 60.6 Å². The number of hydrogen-bond donors (Lipinski definition) is 0. The van der Waals surface area contributed by atoms with E-state index in [1.165, 1.54) is 5.56 Å². The third-order valence-electron chi connectivity index (χ3n) is 5.95. The molecule has 1 aromatic carbocycles. The minimum absolute atomic E-state index is 0.0686. The Morgan fingerprint density at radius 2 is 2.03 bits per heavy atom. The molecule has 1 atom stereocenters. The third kappa shape index (κ3) is 5.28. The lowest BCUT2D eigenvalue weighted by Gasteiger charge is -2.45. The highest BCUT2D eigenvalue weighted by Gasteiger charge is 2.41. The molecule has 0 bridgehead atoms. The van der Waals surface area contributed by atoms with Gasteiger partial charge in [-0.05, 0) is 31.7 Å².